The molecule has 1 saturated carbocycles. The lowest BCUT2D eigenvalue weighted by molar-refractivity contribution is -0.138. The van der Waals surface area contributed by atoms with E-state index in [1.807, 2.05) is 19.9 Å². The van der Waals surface area contributed by atoms with E-state index in [0.29, 0.717) is 5.95 Å². The number of nitrogens with zero attached hydrogens (tertiary/aromatic N) is 2. The average Bonchev–Trinajstić information content (AvgIpc) is 2.95. The molecule has 1 unspecified atom stereocenters. The quantitative estimate of drug-likeness (QED) is 0.803. The molecule has 0 bridgehead atoms. The third-order valence-corrected chi connectivity index (χ3v) is 2.63. The molecule has 1 fully saturated rings. The number of aliphatic carboxylic acids is 1. The molecule has 1 aliphatic rings. The molecule has 5 nitrogen and oxygen atoms in total. The van der Waals surface area contributed by atoms with Crippen LogP contribution < -0.4 is 5.32 Å². The van der Waals surface area contributed by atoms with Crippen LogP contribution in [0.15, 0.2) is 6.07 Å². The third-order valence-electron chi connectivity index (χ3n) is 2.63. The van der Waals surface area contributed by atoms with Crippen LogP contribution in [0.4, 0.5) is 5.95 Å². The molecular weight excluding hydrogens is 206 g/mol. The highest BCUT2D eigenvalue weighted by molar-refractivity contribution is 5.77. The summed E-state index contributed by atoms with van der Waals surface area (Å²) >= 11 is 0. The van der Waals surface area contributed by atoms with Gasteiger partial charge in [-0.3, -0.25) is 0 Å². The number of rotatable bonds is 4. The van der Waals surface area contributed by atoms with Gasteiger partial charge in [0.1, 0.15) is 6.04 Å². The monoisotopic (exact) mass is 221 g/mol. The summed E-state index contributed by atoms with van der Waals surface area (Å²) in [7, 11) is 0. The molecule has 0 aromatic carbocycles. The highest BCUT2D eigenvalue weighted by atomic mass is 16.4. The van der Waals surface area contributed by atoms with Crippen LogP contribution in [0.3, 0.4) is 0 Å². The van der Waals surface area contributed by atoms with Crippen LogP contribution in [0.5, 0.6) is 0 Å². The van der Waals surface area contributed by atoms with Crippen LogP contribution in [0.1, 0.15) is 24.2 Å². The number of nitrogens with one attached hydrogen (secondary N) is 1. The Bertz CT molecular complexity index is 395. The van der Waals surface area contributed by atoms with Crippen molar-refractivity contribution in [3.8, 4) is 0 Å². The van der Waals surface area contributed by atoms with Crippen LogP contribution in [0.25, 0.3) is 0 Å². The van der Waals surface area contributed by atoms with Gasteiger partial charge in [-0.25, -0.2) is 14.8 Å². The normalized spacial score (nSPS) is 16.9. The maximum atomic E-state index is 11.0. The summed E-state index contributed by atoms with van der Waals surface area (Å²) in [6.45, 7) is 3.74. The molecule has 1 aromatic heterocycles. The van der Waals surface area contributed by atoms with Crippen molar-refractivity contribution in [3.05, 3.63) is 17.5 Å². The van der Waals surface area contributed by atoms with Gasteiger partial charge < -0.3 is 10.4 Å². The van der Waals surface area contributed by atoms with Crippen molar-refractivity contribution in [3.63, 3.8) is 0 Å². The number of aromatic nitrogens is 2. The summed E-state index contributed by atoms with van der Waals surface area (Å²) in [5.41, 5.74) is 1.69. The van der Waals surface area contributed by atoms with Crippen molar-refractivity contribution in [1.82, 2.24) is 9.97 Å². The Morgan fingerprint density at radius 2 is 2.00 bits per heavy atom. The Morgan fingerprint density at radius 3 is 2.44 bits per heavy atom. The van der Waals surface area contributed by atoms with Crippen molar-refractivity contribution in [2.24, 2.45) is 5.92 Å². The van der Waals surface area contributed by atoms with E-state index in [-0.39, 0.29) is 5.92 Å². The zero-order valence-electron chi connectivity index (χ0n) is 9.40. The minimum absolute atomic E-state index is 0.224. The predicted molar refractivity (Wildman–Crippen MR) is 59.3 cm³/mol. The van der Waals surface area contributed by atoms with E-state index in [4.69, 9.17) is 5.11 Å². The van der Waals surface area contributed by atoms with Gasteiger partial charge in [-0.1, -0.05) is 0 Å². The number of carbonyl (C=O) groups is 1. The molecule has 1 aliphatic carbocycles. The van der Waals surface area contributed by atoms with Crippen molar-refractivity contribution < 1.29 is 9.90 Å². The second-order valence-corrected chi connectivity index (χ2v) is 4.27. The van der Waals surface area contributed by atoms with E-state index in [0.717, 1.165) is 24.2 Å². The van der Waals surface area contributed by atoms with Gasteiger partial charge in [0.15, 0.2) is 0 Å². The summed E-state index contributed by atoms with van der Waals surface area (Å²) in [5.74, 6) is -0.191. The molecule has 5 heteroatoms. The fourth-order valence-corrected chi connectivity index (χ4v) is 1.74. The molecule has 0 aliphatic heterocycles. The van der Waals surface area contributed by atoms with Gasteiger partial charge in [0, 0.05) is 11.4 Å². The summed E-state index contributed by atoms with van der Waals surface area (Å²) in [6, 6.07) is 1.30. The molecule has 1 heterocycles. The lowest BCUT2D eigenvalue weighted by Gasteiger charge is -2.13. The van der Waals surface area contributed by atoms with Gasteiger partial charge in [-0.2, -0.15) is 0 Å². The first-order valence-electron chi connectivity index (χ1n) is 5.38. The van der Waals surface area contributed by atoms with Crippen molar-refractivity contribution >= 4 is 11.9 Å². The van der Waals surface area contributed by atoms with Crippen molar-refractivity contribution in [2.75, 3.05) is 5.32 Å². The summed E-state index contributed by atoms with van der Waals surface area (Å²) in [6.07, 6.45) is 1.93. The fourth-order valence-electron chi connectivity index (χ4n) is 1.74. The molecule has 0 amide bonds. The molecule has 1 atom stereocenters. The zero-order chi connectivity index (χ0) is 11.7. The number of aryl methyl sites for hydroxylation is 2. The van der Waals surface area contributed by atoms with Crippen molar-refractivity contribution in [1.29, 1.82) is 0 Å². The van der Waals surface area contributed by atoms with E-state index in [9.17, 15) is 4.79 Å². The average molecular weight is 221 g/mol. The maximum absolute atomic E-state index is 11.0. The van der Waals surface area contributed by atoms with Gasteiger partial charge in [-0.15, -0.1) is 0 Å². The van der Waals surface area contributed by atoms with Gasteiger partial charge in [0.25, 0.3) is 0 Å². The molecule has 0 radical (unpaired) electrons. The number of carboxylic acids is 1. The summed E-state index contributed by atoms with van der Waals surface area (Å²) in [5, 5.41) is 12.0. The largest absolute Gasteiger partial charge is 0.480 e. The highest BCUT2D eigenvalue weighted by Crippen LogP contribution is 2.34. The lowest BCUT2D eigenvalue weighted by atomic mass is 10.2. The molecule has 0 saturated heterocycles. The summed E-state index contributed by atoms with van der Waals surface area (Å²) < 4.78 is 0. The molecule has 1 aromatic rings. The van der Waals surface area contributed by atoms with E-state index < -0.39 is 12.0 Å². The Morgan fingerprint density at radius 1 is 1.44 bits per heavy atom. The molecule has 86 valence electrons. The Kier molecular flexibility index (Phi) is 2.77. The standard InChI is InChI=1S/C11H15N3O2/c1-6-5-7(2)13-11(12-6)14-9(10(15)16)8-3-4-8/h5,8-9H,3-4H2,1-2H3,(H,15,16)(H,12,13,14). The summed E-state index contributed by atoms with van der Waals surface area (Å²) in [4.78, 5) is 19.4. The molecule has 2 rings (SSSR count). The maximum Gasteiger partial charge on any atom is 0.326 e. The first kappa shape index (κ1) is 10.9. The minimum Gasteiger partial charge on any atom is -0.480 e. The number of carboxylic acid groups (broad SMARTS) is 1. The van der Waals surface area contributed by atoms with E-state index in [1.165, 1.54) is 0 Å². The first-order valence-corrected chi connectivity index (χ1v) is 5.38. The minimum atomic E-state index is -0.828. The molecular formula is C11H15N3O2. The van der Waals surface area contributed by atoms with Crippen LogP contribution in [-0.4, -0.2) is 27.1 Å². The van der Waals surface area contributed by atoms with Crippen molar-refractivity contribution in [2.45, 2.75) is 32.7 Å². The second-order valence-electron chi connectivity index (χ2n) is 4.27. The van der Waals surface area contributed by atoms with E-state index >= 15 is 0 Å². The SMILES string of the molecule is Cc1cc(C)nc(NC(C(=O)O)C2CC2)n1. The second kappa shape index (κ2) is 4.08. The Hall–Kier alpha value is -1.65. The number of anilines is 1. The number of hydrogen-bond donors (Lipinski definition) is 2. The van der Waals surface area contributed by atoms with Crippen LogP contribution >= 0.6 is 0 Å². The zero-order valence-corrected chi connectivity index (χ0v) is 9.40. The number of hydrogen-bond acceptors (Lipinski definition) is 4. The predicted octanol–water partition coefficient (Wildman–Crippen LogP) is 1.37. The van der Waals surface area contributed by atoms with Crippen LogP contribution in [-0.2, 0) is 4.79 Å². The first-order chi connectivity index (χ1) is 7.56. The molecule has 2 N–H and O–H groups in total. The van der Waals surface area contributed by atoms with Crippen LogP contribution in [0, 0.1) is 19.8 Å². The van der Waals surface area contributed by atoms with E-state index in [2.05, 4.69) is 15.3 Å². The van der Waals surface area contributed by atoms with Gasteiger partial charge >= 0.3 is 5.97 Å². The Balaban J connectivity index is 2.14. The highest BCUT2D eigenvalue weighted by Gasteiger charge is 2.36. The third kappa shape index (κ3) is 2.48. The van der Waals surface area contributed by atoms with E-state index in [1.54, 1.807) is 0 Å². The topological polar surface area (TPSA) is 75.1 Å². The molecule has 16 heavy (non-hydrogen) atoms. The Labute approximate surface area is 93.9 Å². The van der Waals surface area contributed by atoms with Crippen LogP contribution in [0.2, 0.25) is 0 Å². The van der Waals surface area contributed by atoms with Gasteiger partial charge in [0.05, 0.1) is 0 Å². The molecule has 0 spiro atoms. The van der Waals surface area contributed by atoms with Gasteiger partial charge in [-0.05, 0) is 38.7 Å². The van der Waals surface area contributed by atoms with Gasteiger partial charge in [0.2, 0.25) is 5.95 Å². The lowest BCUT2D eigenvalue weighted by Crippen LogP contribution is -2.32. The fraction of sp³-hybridized carbons (Fsp3) is 0.545. The smallest absolute Gasteiger partial charge is 0.326 e.